The first kappa shape index (κ1) is 13.8. The summed E-state index contributed by atoms with van der Waals surface area (Å²) < 4.78 is 1.11. The van der Waals surface area contributed by atoms with E-state index in [1.165, 1.54) is 11.3 Å². The molecule has 2 rings (SSSR count). The largest absolute Gasteiger partial charge is 0.388 e. The number of hydrogen-bond donors (Lipinski definition) is 2. The molecule has 0 amide bonds. The maximum Gasteiger partial charge on any atom is 0.0810 e. The topological polar surface area (TPSA) is 35.5 Å². The number of hydrogen-bond acceptors (Lipinski definition) is 3. The standard InChI is InChI=1S/C14H21BrN2O/c1-3-16-9-11-4-5-13(12(15)8-11)17-7-6-14(2,18)10-17/h4-5,8,16,18H,3,6-7,9-10H2,1-2H3. The van der Waals surface area contributed by atoms with Crippen LogP contribution in [-0.2, 0) is 6.54 Å². The van der Waals surface area contributed by atoms with Crippen LogP contribution in [0.4, 0.5) is 5.69 Å². The second kappa shape index (κ2) is 5.59. The molecule has 0 aliphatic carbocycles. The fraction of sp³-hybridized carbons (Fsp3) is 0.571. The molecule has 18 heavy (non-hydrogen) atoms. The van der Waals surface area contributed by atoms with E-state index in [0.29, 0.717) is 6.54 Å². The highest BCUT2D eigenvalue weighted by Crippen LogP contribution is 2.32. The molecule has 0 bridgehead atoms. The number of β-amino-alcohol motifs (C(OH)–C–C–N with tert-alkyl or cyclic N) is 1. The normalized spacial score (nSPS) is 23.7. The molecule has 1 unspecified atom stereocenters. The van der Waals surface area contributed by atoms with Crippen LogP contribution in [0, 0.1) is 0 Å². The van der Waals surface area contributed by atoms with Crippen molar-refractivity contribution < 1.29 is 5.11 Å². The minimum absolute atomic E-state index is 0.554. The first-order valence-corrected chi connectivity index (χ1v) is 7.27. The van der Waals surface area contributed by atoms with Crippen LogP contribution >= 0.6 is 15.9 Å². The van der Waals surface area contributed by atoms with Crippen LogP contribution in [-0.4, -0.2) is 30.3 Å². The van der Waals surface area contributed by atoms with Crippen molar-refractivity contribution in [1.29, 1.82) is 0 Å². The van der Waals surface area contributed by atoms with Gasteiger partial charge in [-0.3, -0.25) is 0 Å². The molecular formula is C14H21BrN2O. The lowest BCUT2D eigenvalue weighted by molar-refractivity contribution is 0.0839. The molecule has 1 heterocycles. The predicted molar refractivity (Wildman–Crippen MR) is 79.0 cm³/mol. The highest BCUT2D eigenvalue weighted by atomic mass is 79.9. The van der Waals surface area contributed by atoms with Gasteiger partial charge in [0.25, 0.3) is 0 Å². The van der Waals surface area contributed by atoms with E-state index in [2.05, 4.69) is 51.3 Å². The van der Waals surface area contributed by atoms with Gasteiger partial charge in [0.05, 0.1) is 11.3 Å². The quantitative estimate of drug-likeness (QED) is 0.897. The lowest BCUT2D eigenvalue weighted by atomic mass is 10.1. The summed E-state index contributed by atoms with van der Waals surface area (Å²) in [4.78, 5) is 2.24. The van der Waals surface area contributed by atoms with E-state index >= 15 is 0 Å². The number of halogens is 1. The van der Waals surface area contributed by atoms with Crippen molar-refractivity contribution in [3.8, 4) is 0 Å². The number of anilines is 1. The molecule has 0 spiro atoms. The molecule has 1 aliphatic rings. The van der Waals surface area contributed by atoms with Gasteiger partial charge >= 0.3 is 0 Å². The van der Waals surface area contributed by atoms with Gasteiger partial charge in [0.2, 0.25) is 0 Å². The van der Waals surface area contributed by atoms with Crippen LogP contribution in [0.5, 0.6) is 0 Å². The van der Waals surface area contributed by atoms with E-state index < -0.39 is 5.60 Å². The second-order valence-electron chi connectivity index (χ2n) is 5.23. The summed E-state index contributed by atoms with van der Waals surface area (Å²) in [7, 11) is 0. The summed E-state index contributed by atoms with van der Waals surface area (Å²) in [5, 5.41) is 13.3. The van der Waals surface area contributed by atoms with E-state index in [4.69, 9.17) is 0 Å². The maximum atomic E-state index is 10.0. The third-order valence-corrected chi connectivity index (χ3v) is 4.02. The highest BCUT2D eigenvalue weighted by Gasteiger charge is 2.32. The first-order chi connectivity index (χ1) is 8.52. The third-order valence-electron chi connectivity index (χ3n) is 3.38. The van der Waals surface area contributed by atoms with Gasteiger partial charge in [-0.2, -0.15) is 0 Å². The number of nitrogens with zero attached hydrogens (tertiary/aromatic N) is 1. The Hall–Kier alpha value is -0.580. The van der Waals surface area contributed by atoms with Gasteiger partial charge in [0.1, 0.15) is 0 Å². The van der Waals surface area contributed by atoms with Crippen LogP contribution in [0.15, 0.2) is 22.7 Å². The molecule has 0 radical (unpaired) electrons. The van der Waals surface area contributed by atoms with Crippen molar-refractivity contribution in [3.05, 3.63) is 28.2 Å². The van der Waals surface area contributed by atoms with Gasteiger partial charge in [0.15, 0.2) is 0 Å². The van der Waals surface area contributed by atoms with Gasteiger partial charge in [-0.25, -0.2) is 0 Å². The lowest BCUT2D eigenvalue weighted by Gasteiger charge is -2.22. The van der Waals surface area contributed by atoms with Crippen molar-refractivity contribution in [2.24, 2.45) is 0 Å². The summed E-state index contributed by atoms with van der Waals surface area (Å²) in [6.07, 6.45) is 0.832. The van der Waals surface area contributed by atoms with E-state index in [1.54, 1.807) is 0 Å². The average molecular weight is 313 g/mol. The van der Waals surface area contributed by atoms with Crippen LogP contribution in [0.1, 0.15) is 25.8 Å². The Balaban J connectivity index is 2.10. The number of rotatable bonds is 4. The van der Waals surface area contributed by atoms with E-state index in [-0.39, 0.29) is 0 Å². The Morgan fingerprint density at radius 1 is 1.50 bits per heavy atom. The monoisotopic (exact) mass is 312 g/mol. The molecule has 1 aromatic rings. The number of aliphatic hydroxyl groups is 1. The van der Waals surface area contributed by atoms with Crippen molar-refractivity contribution in [3.63, 3.8) is 0 Å². The molecule has 1 fully saturated rings. The SMILES string of the molecule is CCNCc1ccc(N2CCC(C)(O)C2)c(Br)c1. The van der Waals surface area contributed by atoms with E-state index in [1.807, 2.05) is 6.92 Å². The third kappa shape index (κ3) is 3.25. The predicted octanol–water partition coefficient (Wildman–Crippen LogP) is 2.52. The minimum Gasteiger partial charge on any atom is -0.388 e. The van der Waals surface area contributed by atoms with Crippen molar-refractivity contribution >= 4 is 21.6 Å². The zero-order valence-electron chi connectivity index (χ0n) is 11.0. The summed E-state index contributed by atoms with van der Waals surface area (Å²) in [6.45, 7) is 7.51. The summed E-state index contributed by atoms with van der Waals surface area (Å²) in [5.41, 5.74) is 1.90. The number of benzene rings is 1. The van der Waals surface area contributed by atoms with Crippen molar-refractivity contribution in [2.45, 2.75) is 32.4 Å². The number of nitrogens with one attached hydrogen (secondary N) is 1. The summed E-state index contributed by atoms with van der Waals surface area (Å²) in [6, 6.07) is 6.44. The molecule has 0 saturated carbocycles. The van der Waals surface area contributed by atoms with Gasteiger partial charge in [0, 0.05) is 24.1 Å². The van der Waals surface area contributed by atoms with Gasteiger partial charge in [-0.15, -0.1) is 0 Å². The van der Waals surface area contributed by atoms with Gasteiger partial charge in [-0.05, 0) is 53.5 Å². The Labute approximate surface area is 117 Å². The van der Waals surface area contributed by atoms with Crippen LogP contribution in [0.2, 0.25) is 0 Å². The Bertz CT molecular complexity index is 420. The maximum absolute atomic E-state index is 10.0. The van der Waals surface area contributed by atoms with Crippen LogP contribution < -0.4 is 10.2 Å². The smallest absolute Gasteiger partial charge is 0.0810 e. The zero-order chi connectivity index (χ0) is 13.2. The highest BCUT2D eigenvalue weighted by molar-refractivity contribution is 9.10. The van der Waals surface area contributed by atoms with Crippen molar-refractivity contribution in [1.82, 2.24) is 5.32 Å². The first-order valence-electron chi connectivity index (χ1n) is 6.48. The molecule has 100 valence electrons. The van der Waals surface area contributed by atoms with E-state index in [0.717, 1.165) is 30.5 Å². The molecule has 0 aromatic heterocycles. The van der Waals surface area contributed by atoms with Crippen LogP contribution in [0.25, 0.3) is 0 Å². The fourth-order valence-corrected chi connectivity index (χ4v) is 3.01. The van der Waals surface area contributed by atoms with Gasteiger partial charge < -0.3 is 15.3 Å². The molecule has 1 aliphatic heterocycles. The Morgan fingerprint density at radius 2 is 2.28 bits per heavy atom. The molecule has 1 saturated heterocycles. The minimum atomic E-state index is -0.554. The molecule has 3 nitrogen and oxygen atoms in total. The van der Waals surface area contributed by atoms with Gasteiger partial charge in [-0.1, -0.05) is 13.0 Å². The Kier molecular flexibility index (Phi) is 4.30. The molecular weight excluding hydrogens is 292 g/mol. The molecule has 1 aromatic carbocycles. The van der Waals surface area contributed by atoms with Crippen molar-refractivity contribution in [2.75, 3.05) is 24.5 Å². The molecule has 1 atom stereocenters. The lowest BCUT2D eigenvalue weighted by Crippen LogP contribution is -2.29. The molecule has 4 heteroatoms. The summed E-state index contributed by atoms with van der Waals surface area (Å²) >= 11 is 3.64. The second-order valence-corrected chi connectivity index (χ2v) is 6.09. The molecule has 2 N–H and O–H groups in total. The Morgan fingerprint density at radius 3 is 2.83 bits per heavy atom. The fourth-order valence-electron chi connectivity index (χ4n) is 2.34. The van der Waals surface area contributed by atoms with E-state index in [9.17, 15) is 5.11 Å². The average Bonchev–Trinajstić information content (AvgIpc) is 2.67. The zero-order valence-corrected chi connectivity index (χ0v) is 12.6. The summed E-state index contributed by atoms with van der Waals surface area (Å²) in [5.74, 6) is 0. The van der Waals surface area contributed by atoms with Crippen LogP contribution in [0.3, 0.4) is 0 Å².